The molecule has 7 rings (SSSR count). The number of carbonyl (C=O) groups excluding carboxylic acids is 2. The maximum atomic E-state index is 13.0. The minimum Gasteiger partial charge on any atom is -0.392 e. The van der Waals surface area contributed by atoms with E-state index >= 15 is 0 Å². The van der Waals surface area contributed by atoms with Crippen LogP contribution in [0, 0.1) is 5.92 Å². The van der Waals surface area contributed by atoms with Crippen molar-refractivity contribution < 1.29 is 24.2 Å². The molecule has 5 atom stereocenters. The molecule has 0 aromatic heterocycles. The van der Waals surface area contributed by atoms with Gasteiger partial charge in [0.1, 0.15) is 0 Å². The normalized spacial score (nSPS) is 21.0. The van der Waals surface area contributed by atoms with Crippen LogP contribution in [-0.2, 0) is 22.6 Å². The molecule has 5 aromatic carbocycles. The molecule has 1 fully saturated rings. The number of ether oxygens (including phenoxy) is 2. The Morgan fingerprint density at radius 3 is 2.02 bits per heavy atom. The van der Waals surface area contributed by atoms with Crippen molar-refractivity contribution in [2.75, 3.05) is 13.6 Å². The molecule has 0 aliphatic carbocycles. The molecule has 2 heterocycles. The third-order valence-electron chi connectivity index (χ3n) is 10.2. The van der Waals surface area contributed by atoms with Gasteiger partial charge in [-0.1, -0.05) is 116 Å². The van der Waals surface area contributed by atoms with Crippen LogP contribution in [-0.4, -0.2) is 46.4 Å². The van der Waals surface area contributed by atoms with E-state index in [1.54, 1.807) is 24.3 Å². The summed E-state index contributed by atoms with van der Waals surface area (Å²) in [6.07, 6.45) is -0.885. The third kappa shape index (κ3) is 6.78. The number of hydrogen-bond donors (Lipinski definition) is 1. The van der Waals surface area contributed by atoms with Crippen LogP contribution < -0.4 is 0 Å². The Kier molecular flexibility index (Phi) is 9.74. The molecular formula is C43H42N2O5. The lowest BCUT2D eigenvalue weighted by Gasteiger charge is -2.43. The van der Waals surface area contributed by atoms with Crippen LogP contribution in [0.2, 0.25) is 0 Å². The molecule has 0 saturated carbocycles. The van der Waals surface area contributed by atoms with Crippen molar-refractivity contribution in [3.8, 4) is 11.1 Å². The Hall–Kier alpha value is -4.92. The quantitative estimate of drug-likeness (QED) is 0.152. The van der Waals surface area contributed by atoms with Crippen LogP contribution in [0.15, 0.2) is 127 Å². The molecular weight excluding hydrogens is 624 g/mol. The molecule has 7 nitrogen and oxygen atoms in total. The molecule has 50 heavy (non-hydrogen) atoms. The molecule has 254 valence electrons. The molecule has 0 bridgehead atoms. The maximum Gasteiger partial charge on any atom is 0.261 e. The van der Waals surface area contributed by atoms with Gasteiger partial charge in [0, 0.05) is 24.1 Å². The van der Waals surface area contributed by atoms with Gasteiger partial charge in [0.25, 0.3) is 11.8 Å². The van der Waals surface area contributed by atoms with Gasteiger partial charge in [0.05, 0.1) is 36.5 Å². The summed E-state index contributed by atoms with van der Waals surface area (Å²) >= 11 is 0. The largest absolute Gasteiger partial charge is 0.392 e. The summed E-state index contributed by atoms with van der Waals surface area (Å²) in [5, 5.41) is 9.62. The van der Waals surface area contributed by atoms with Gasteiger partial charge in [-0.2, -0.15) is 0 Å². The van der Waals surface area contributed by atoms with Crippen molar-refractivity contribution >= 4 is 11.8 Å². The van der Waals surface area contributed by atoms with E-state index in [1.165, 1.54) is 10.5 Å². The van der Waals surface area contributed by atoms with Gasteiger partial charge in [-0.15, -0.1) is 0 Å². The number of hydrogen-bond acceptors (Lipinski definition) is 6. The summed E-state index contributed by atoms with van der Waals surface area (Å²) in [4.78, 5) is 29.6. The van der Waals surface area contributed by atoms with Gasteiger partial charge < -0.3 is 14.6 Å². The lowest BCUT2D eigenvalue weighted by molar-refractivity contribution is -0.276. The summed E-state index contributed by atoms with van der Waals surface area (Å²) in [6, 6.07) is 41.8. The van der Waals surface area contributed by atoms with E-state index < -0.39 is 6.29 Å². The van der Waals surface area contributed by atoms with Gasteiger partial charge >= 0.3 is 0 Å². The van der Waals surface area contributed by atoms with Crippen molar-refractivity contribution in [2.24, 2.45) is 5.92 Å². The third-order valence-corrected chi connectivity index (χ3v) is 10.2. The zero-order chi connectivity index (χ0) is 34.8. The van der Waals surface area contributed by atoms with E-state index in [1.807, 2.05) is 66.7 Å². The average molecular weight is 667 g/mol. The van der Waals surface area contributed by atoms with Gasteiger partial charge in [0.2, 0.25) is 0 Å². The molecule has 2 aliphatic heterocycles. The Morgan fingerprint density at radius 1 is 0.720 bits per heavy atom. The SMILES string of the molecule is C[C@@H]1[C@H](CN(C)[C@@H](C)c2ccccc2)O[C@H](c2ccc(-c3cccc(CN4C(=O)c5ccccc5C4=O)c3)cc2)O[C@@H]1c1ccc(CO)cc1. The molecule has 0 spiro atoms. The number of imide groups is 1. The van der Waals surface area contributed by atoms with Crippen LogP contribution in [0.5, 0.6) is 0 Å². The van der Waals surface area contributed by atoms with Gasteiger partial charge in [-0.25, -0.2) is 0 Å². The number of likely N-dealkylation sites (N-methyl/N-ethyl adjacent to an activating group) is 1. The summed E-state index contributed by atoms with van der Waals surface area (Å²) in [6.45, 7) is 5.33. The smallest absolute Gasteiger partial charge is 0.261 e. The maximum absolute atomic E-state index is 13.0. The van der Waals surface area contributed by atoms with Crippen LogP contribution in [0.3, 0.4) is 0 Å². The highest BCUT2D eigenvalue weighted by molar-refractivity contribution is 6.21. The minimum absolute atomic E-state index is 0.00406. The second-order valence-electron chi connectivity index (χ2n) is 13.4. The summed E-state index contributed by atoms with van der Waals surface area (Å²) in [7, 11) is 2.14. The summed E-state index contributed by atoms with van der Waals surface area (Å²) in [5.41, 5.74) is 7.87. The van der Waals surface area contributed by atoms with Crippen molar-refractivity contribution in [2.45, 2.75) is 51.5 Å². The first-order valence-electron chi connectivity index (χ1n) is 17.2. The Balaban J connectivity index is 1.10. The number of aliphatic hydroxyl groups excluding tert-OH is 1. The standard InChI is InChI=1S/C43H42N2O5/c1-28-39(26-44(3)29(2)32-11-5-4-6-12-32)49-43(50-40(28)34-18-16-30(27-46)17-19-34)35-22-20-33(21-23-35)36-13-9-10-31(24-36)25-45-41(47)37-14-7-8-15-38(37)42(45)48/h4-24,28-29,39-40,43,46H,25-27H2,1-3H3/t28-,29+,39+,40+,43+/m1/s1. The fourth-order valence-corrected chi connectivity index (χ4v) is 7.00. The lowest BCUT2D eigenvalue weighted by atomic mass is 9.89. The molecule has 0 unspecified atom stereocenters. The number of amides is 2. The van der Waals surface area contributed by atoms with Gasteiger partial charge in [-0.05, 0) is 65.6 Å². The minimum atomic E-state index is -0.576. The number of aliphatic hydroxyl groups is 1. The fourth-order valence-electron chi connectivity index (χ4n) is 7.00. The molecule has 5 aromatic rings. The Morgan fingerprint density at radius 2 is 1.36 bits per heavy atom. The van der Waals surface area contributed by atoms with E-state index in [0.29, 0.717) is 11.1 Å². The molecule has 7 heteroatoms. The highest BCUT2D eigenvalue weighted by atomic mass is 16.7. The first kappa shape index (κ1) is 33.6. The number of rotatable bonds is 10. The zero-order valence-electron chi connectivity index (χ0n) is 28.6. The van der Waals surface area contributed by atoms with Gasteiger partial charge in [-0.3, -0.25) is 19.4 Å². The van der Waals surface area contributed by atoms with Crippen LogP contribution in [0.4, 0.5) is 0 Å². The monoisotopic (exact) mass is 666 g/mol. The van der Waals surface area contributed by atoms with Gasteiger partial charge in [0.15, 0.2) is 6.29 Å². The van der Waals surface area contributed by atoms with E-state index in [4.69, 9.17) is 9.47 Å². The van der Waals surface area contributed by atoms with Crippen molar-refractivity contribution in [1.82, 2.24) is 9.80 Å². The Bertz CT molecular complexity index is 1930. The predicted octanol–water partition coefficient (Wildman–Crippen LogP) is 8.13. The highest BCUT2D eigenvalue weighted by Crippen LogP contribution is 2.42. The molecule has 2 aliphatic rings. The Labute approximate surface area is 293 Å². The second-order valence-corrected chi connectivity index (χ2v) is 13.4. The highest BCUT2D eigenvalue weighted by Gasteiger charge is 2.39. The van der Waals surface area contributed by atoms with Crippen molar-refractivity contribution in [3.63, 3.8) is 0 Å². The topological polar surface area (TPSA) is 79.3 Å². The first-order valence-corrected chi connectivity index (χ1v) is 17.2. The van der Waals surface area contributed by atoms with Crippen LogP contribution >= 0.6 is 0 Å². The molecule has 1 N–H and O–H groups in total. The predicted molar refractivity (Wildman–Crippen MR) is 193 cm³/mol. The number of fused-ring (bicyclic) bond motifs is 1. The molecule has 0 radical (unpaired) electrons. The number of nitrogens with zero attached hydrogens (tertiary/aromatic N) is 2. The van der Waals surface area contributed by atoms with E-state index in [9.17, 15) is 14.7 Å². The molecule has 1 saturated heterocycles. The fraction of sp³-hybridized carbons (Fsp3) is 0.256. The van der Waals surface area contributed by atoms with E-state index in [2.05, 4.69) is 62.2 Å². The number of carbonyl (C=O) groups is 2. The molecule has 2 amide bonds. The van der Waals surface area contributed by atoms with E-state index in [0.717, 1.165) is 39.9 Å². The van der Waals surface area contributed by atoms with E-state index in [-0.39, 0.29) is 49.1 Å². The van der Waals surface area contributed by atoms with Crippen LogP contribution in [0.1, 0.15) is 80.8 Å². The second kappa shape index (κ2) is 14.5. The summed E-state index contributed by atoms with van der Waals surface area (Å²) in [5.74, 6) is -0.450. The van der Waals surface area contributed by atoms with Crippen LogP contribution in [0.25, 0.3) is 11.1 Å². The van der Waals surface area contributed by atoms with Crippen molar-refractivity contribution in [3.05, 3.63) is 166 Å². The lowest BCUT2D eigenvalue weighted by Crippen LogP contribution is -2.44. The first-order chi connectivity index (χ1) is 24.3. The number of benzene rings is 5. The van der Waals surface area contributed by atoms with Crippen molar-refractivity contribution in [1.29, 1.82) is 0 Å². The average Bonchev–Trinajstić information content (AvgIpc) is 3.40. The summed E-state index contributed by atoms with van der Waals surface area (Å²) < 4.78 is 13.5. The zero-order valence-corrected chi connectivity index (χ0v) is 28.6.